The van der Waals surface area contributed by atoms with Gasteiger partial charge >= 0.3 is 0 Å². The zero-order valence-corrected chi connectivity index (χ0v) is 14.1. The zero-order valence-electron chi connectivity index (χ0n) is 13.3. The lowest BCUT2D eigenvalue weighted by Gasteiger charge is -2.67. The minimum Gasteiger partial charge on any atom is -0.327 e. The van der Waals surface area contributed by atoms with Crippen molar-refractivity contribution in [3.63, 3.8) is 0 Å². The van der Waals surface area contributed by atoms with Gasteiger partial charge in [-0.2, -0.15) is 8.42 Å². The van der Waals surface area contributed by atoms with Crippen molar-refractivity contribution in [3.8, 4) is 0 Å². The van der Waals surface area contributed by atoms with Gasteiger partial charge < -0.3 is 5.73 Å². The van der Waals surface area contributed by atoms with Crippen molar-refractivity contribution in [2.24, 2.45) is 27.9 Å². The minimum absolute atomic E-state index is 0.0706. The second-order valence-electron chi connectivity index (χ2n) is 9.03. The third-order valence-electron chi connectivity index (χ3n) is 6.37. The summed E-state index contributed by atoms with van der Waals surface area (Å²) >= 11 is 0. The van der Waals surface area contributed by atoms with Gasteiger partial charge in [0, 0.05) is 6.04 Å². The summed E-state index contributed by atoms with van der Waals surface area (Å²) in [6, 6.07) is 0.0706. The van der Waals surface area contributed by atoms with Crippen molar-refractivity contribution >= 4 is 10.1 Å². The van der Waals surface area contributed by atoms with Crippen LogP contribution in [0, 0.1) is 22.2 Å². The highest BCUT2D eigenvalue weighted by molar-refractivity contribution is 7.85. The van der Waals surface area contributed by atoms with E-state index in [0.29, 0.717) is 23.7 Å². The van der Waals surface area contributed by atoms with Crippen LogP contribution in [0.15, 0.2) is 0 Å². The van der Waals surface area contributed by atoms with E-state index < -0.39 is 10.1 Å². The van der Waals surface area contributed by atoms with E-state index in [4.69, 9.17) is 10.3 Å². The molecule has 21 heavy (non-hydrogen) atoms. The first-order valence-electron chi connectivity index (χ1n) is 8.24. The van der Waals surface area contributed by atoms with Crippen LogP contribution in [0.25, 0.3) is 0 Å². The highest BCUT2D eigenvalue weighted by Crippen LogP contribution is 2.70. The van der Waals surface area contributed by atoms with Crippen molar-refractivity contribution in [1.29, 1.82) is 0 Å². The van der Waals surface area contributed by atoms with Crippen LogP contribution >= 0.6 is 0 Å². The lowest BCUT2D eigenvalue weighted by atomic mass is 9.39. The first-order valence-corrected chi connectivity index (χ1v) is 9.85. The van der Waals surface area contributed by atoms with Crippen molar-refractivity contribution < 1.29 is 13.0 Å². The van der Waals surface area contributed by atoms with Crippen LogP contribution in [0.2, 0.25) is 0 Å². The van der Waals surface area contributed by atoms with Crippen LogP contribution in [0.5, 0.6) is 0 Å². The molecule has 4 aliphatic carbocycles. The number of hydrogen-bond donors (Lipinski definition) is 2. The topological polar surface area (TPSA) is 80.4 Å². The number of nitrogens with two attached hydrogens (primary N) is 1. The zero-order chi connectivity index (χ0) is 15.5. The van der Waals surface area contributed by atoms with Gasteiger partial charge in [-0.15, -0.1) is 0 Å². The summed E-state index contributed by atoms with van der Waals surface area (Å²) in [5.41, 5.74) is 7.63. The van der Waals surface area contributed by atoms with Crippen LogP contribution in [0.3, 0.4) is 0 Å². The Morgan fingerprint density at radius 2 is 1.71 bits per heavy atom. The van der Waals surface area contributed by atoms with Gasteiger partial charge in [-0.1, -0.05) is 13.8 Å². The molecule has 0 aliphatic heterocycles. The molecular weight excluding hydrogens is 286 g/mol. The molecule has 0 saturated heterocycles. The van der Waals surface area contributed by atoms with E-state index in [1.807, 2.05) is 0 Å². The molecule has 0 aromatic heterocycles. The molecule has 122 valence electrons. The van der Waals surface area contributed by atoms with Gasteiger partial charge in [0.2, 0.25) is 0 Å². The summed E-state index contributed by atoms with van der Waals surface area (Å²) in [6.07, 6.45) is 8.85. The summed E-state index contributed by atoms with van der Waals surface area (Å²) in [5.74, 6) is 0.651. The largest absolute Gasteiger partial charge is 0.327 e. The van der Waals surface area contributed by atoms with Crippen molar-refractivity contribution in [2.45, 2.75) is 71.3 Å². The third-order valence-corrected chi connectivity index (χ3v) is 7.18. The predicted molar refractivity (Wildman–Crippen MR) is 83.5 cm³/mol. The maximum atomic E-state index is 10.9. The Labute approximate surface area is 128 Å². The molecular formula is C16H29NO3S. The molecule has 5 heteroatoms. The van der Waals surface area contributed by atoms with Gasteiger partial charge in [0.1, 0.15) is 0 Å². The molecule has 4 saturated carbocycles. The van der Waals surface area contributed by atoms with Crippen LogP contribution in [-0.2, 0) is 10.1 Å². The molecule has 0 aromatic rings. The Hall–Kier alpha value is -0.130. The molecule has 4 fully saturated rings. The lowest BCUT2D eigenvalue weighted by molar-refractivity contribution is -0.154. The first-order chi connectivity index (χ1) is 9.53. The second kappa shape index (κ2) is 4.68. The van der Waals surface area contributed by atoms with Crippen molar-refractivity contribution in [2.75, 3.05) is 5.75 Å². The normalized spacial score (nSPS) is 46.8. The Bertz CT molecular complexity index is 512. The van der Waals surface area contributed by atoms with Crippen LogP contribution in [-0.4, -0.2) is 24.8 Å². The highest BCUT2D eigenvalue weighted by Gasteiger charge is 2.61. The molecule has 0 radical (unpaired) electrons. The quantitative estimate of drug-likeness (QED) is 0.764. The lowest BCUT2D eigenvalue weighted by Crippen LogP contribution is -2.60. The molecule has 0 aromatic carbocycles. The summed E-state index contributed by atoms with van der Waals surface area (Å²) in [7, 11) is -3.86. The summed E-state index contributed by atoms with van der Waals surface area (Å²) in [4.78, 5) is 0. The van der Waals surface area contributed by atoms with Gasteiger partial charge in [-0.25, -0.2) is 0 Å². The average Bonchev–Trinajstić information content (AvgIpc) is 2.21. The predicted octanol–water partition coefficient (Wildman–Crippen LogP) is 2.98. The van der Waals surface area contributed by atoms with E-state index in [1.165, 1.54) is 38.5 Å². The van der Waals surface area contributed by atoms with E-state index in [0.717, 1.165) is 5.92 Å². The monoisotopic (exact) mass is 315 g/mol. The van der Waals surface area contributed by atoms with Crippen LogP contribution < -0.4 is 5.73 Å². The molecule has 4 aliphatic rings. The van der Waals surface area contributed by atoms with E-state index in [2.05, 4.69) is 13.8 Å². The van der Waals surface area contributed by atoms with Gasteiger partial charge in [-0.3, -0.25) is 4.55 Å². The fraction of sp³-hybridized carbons (Fsp3) is 1.00. The van der Waals surface area contributed by atoms with E-state index >= 15 is 0 Å². The van der Waals surface area contributed by atoms with Gasteiger partial charge in [-0.05, 0) is 73.5 Å². The maximum absolute atomic E-state index is 10.9. The Balaban J connectivity index is 1.72. The second-order valence-corrected chi connectivity index (χ2v) is 10.6. The molecule has 0 amide bonds. The standard InChI is InChI=1S/C16H29NO3S/c1-14-6-12-7-15(2,9-14)11-16(8-12,10-14)13(17)4-3-5-21(18,19)20/h12-13H,3-11,17H2,1-2H3,(H,18,19,20). The summed E-state index contributed by atoms with van der Waals surface area (Å²) in [6.45, 7) is 4.85. The number of rotatable bonds is 5. The Kier molecular flexibility index (Phi) is 3.51. The van der Waals surface area contributed by atoms with Crippen LogP contribution in [0.4, 0.5) is 0 Å². The molecule has 3 unspecified atom stereocenters. The smallest absolute Gasteiger partial charge is 0.264 e. The van der Waals surface area contributed by atoms with Crippen LogP contribution in [0.1, 0.15) is 65.2 Å². The molecule has 0 heterocycles. The molecule has 4 bridgehead atoms. The van der Waals surface area contributed by atoms with Gasteiger partial charge in [0.05, 0.1) is 5.75 Å². The summed E-state index contributed by atoms with van der Waals surface area (Å²) in [5, 5.41) is 0. The van der Waals surface area contributed by atoms with Crippen molar-refractivity contribution in [1.82, 2.24) is 0 Å². The van der Waals surface area contributed by atoms with E-state index in [9.17, 15) is 8.42 Å². The highest BCUT2D eigenvalue weighted by atomic mass is 32.2. The van der Waals surface area contributed by atoms with Crippen molar-refractivity contribution in [3.05, 3.63) is 0 Å². The Morgan fingerprint density at radius 1 is 1.14 bits per heavy atom. The van der Waals surface area contributed by atoms with Gasteiger partial charge in [0.15, 0.2) is 0 Å². The van der Waals surface area contributed by atoms with E-state index in [-0.39, 0.29) is 17.2 Å². The van der Waals surface area contributed by atoms with Gasteiger partial charge in [0.25, 0.3) is 10.1 Å². The summed E-state index contributed by atoms with van der Waals surface area (Å²) < 4.78 is 30.6. The Morgan fingerprint density at radius 3 is 2.19 bits per heavy atom. The maximum Gasteiger partial charge on any atom is 0.264 e. The first kappa shape index (κ1) is 15.8. The number of hydrogen-bond acceptors (Lipinski definition) is 3. The fourth-order valence-corrected chi connectivity index (χ4v) is 7.27. The minimum atomic E-state index is -3.86. The molecule has 3 atom stereocenters. The molecule has 4 nitrogen and oxygen atoms in total. The van der Waals surface area contributed by atoms with E-state index in [1.54, 1.807) is 0 Å². The average molecular weight is 315 g/mol. The molecule has 3 N–H and O–H groups in total. The SMILES string of the molecule is CC12CC3CC(C)(C1)CC(C(N)CCCS(=O)(=O)O)(C3)C2. The molecule has 4 rings (SSSR count). The fourth-order valence-electron chi connectivity index (χ4n) is 6.74. The molecule has 0 spiro atoms. The third kappa shape index (κ3) is 3.02.